The van der Waals surface area contributed by atoms with Crippen LogP contribution in [0.1, 0.15) is 12.0 Å². The van der Waals surface area contributed by atoms with Gasteiger partial charge in [-0.2, -0.15) is 0 Å². The Bertz CT molecular complexity index is 661. The second-order valence-electron chi connectivity index (χ2n) is 5.83. The van der Waals surface area contributed by atoms with E-state index >= 15 is 0 Å². The van der Waals surface area contributed by atoms with E-state index in [0.29, 0.717) is 24.7 Å². The van der Waals surface area contributed by atoms with Gasteiger partial charge in [-0.05, 0) is 47.9 Å². The summed E-state index contributed by atoms with van der Waals surface area (Å²) in [6, 6.07) is 5.45. The van der Waals surface area contributed by atoms with Gasteiger partial charge in [0, 0.05) is 25.2 Å². The minimum absolute atomic E-state index is 0.0458. The van der Waals surface area contributed by atoms with Crippen molar-refractivity contribution in [2.75, 3.05) is 18.0 Å². The number of anilines is 1. The molecule has 0 spiro atoms. The molecule has 0 radical (unpaired) electrons. The Morgan fingerprint density at radius 3 is 2.82 bits per heavy atom. The Balaban J connectivity index is 1.77. The van der Waals surface area contributed by atoms with E-state index in [9.17, 15) is 8.78 Å². The van der Waals surface area contributed by atoms with Crippen molar-refractivity contribution in [3.05, 3.63) is 51.2 Å². The highest BCUT2D eigenvalue weighted by Crippen LogP contribution is 2.29. The van der Waals surface area contributed by atoms with Crippen LogP contribution in [0.2, 0.25) is 4.34 Å². The molecule has 2 N–H and O–H groups in total. The van der Waals surface area contributed by atoms with Crippen LogP contribution in [0.15, 0.2) is 29.6 Å². The monoisotopic (exact) mass is 342 g/mol. The standard InChI is InChI=1S/C16H17ClF2N2S/c17-16-5-11(9-22-16)3-10-4-13(20)8-21(7-10)15-6-12(18)1-2-14(15)19/h1-2,5-6,9-10,13H,3-4,7-8,20H2. The molecule has 2 unspecified atom stereocenters. The highest BCUT2D eigenvalue weighted by atomic mass is 35.5. The predicted molar refractivity (Wildman–Crippen MR) is 87.7 cm³/mol. The van der Waals surface area contributed by atoms with E-state index in [1.165, 1.54) is 29.0 Å². The van der Waals surface area contributed by atoms with Crippen molar-refractivity contribution in [3.8, 4) is 0 Å². The minimum Gasteiger partial charge on any atom is -0.367 e. The molecule has 3 rings (SSSR count). The van der Waals surface area contributed by atoms with E-state index in [0.717, 1.165) is 23.2 Å². The number of hydrogen-bond acceptors (Lipinski definition) is 3. The van der Waals surface area contributed by atoms with Gasteiger partial charge in [-0.3, -0.25) is 0 Å². The predicted octanol–water partition coefficient (Wildman–Crippen LogP) is 4.08. The number of halogens is 3. The summed E-state index contributed by atoms with van der Waals surface area (Å²) in [6.07, 6.45) is 1.73. The molecule has 0 saturated carbocycles. The second-order valence-corrected chi connectivity index (χ2v) is 7.37. The number of nitrogens with two attached hydrogens (primary N) is 1. The molecule has 1 aromatic carbocycles. The molecule has 0 bridgehead atoms. The molecule has 1 aliphatic heterocycles. The molecule has 2 heterocycles. The maximum atomic E-state index is 14.0. The molecule has 0 amide bonds. The van der Waals surface area contributed by atoms with Crippen LogP contribution in [0.25, 0.3) is 0 Å². The fourth-order valence-corrected chi connectivity index (χ4v) is 4.03. The van der Waals surface area contributed by atoms with Gasteiger partial charge >= 0.3 is 0 Å². The van der Waals surface area contributed by atoms with Crippen LogP contribution in [-0.4, -0.2) is 19.1 Å². The number of piperidine rings is 1. The average Bonchev–Trinajstić information content (AvgIpc) is 2.86. The van der Waals surface area contributed by atoms with Crippen LogP contribution in [0.5, 0.6) is 0 Å². The maximum Gasteiger partial charge on any atom is 0.146 e. The average molecular weight is 343 g/mol. The molecule has 1 fully saturated rings. The van der Waals surface area contributed by atoms with Gasteiger partial charge in [0.1, 0.15) is 11.6 Å². The molecule has 1 saturated heterocycles. The topological polar surface area (TPSA) is 29.3 Å². The third-order valence-corrected chi connectivity index (χ3v) is 5.10. The quantitative estimate of drug-likeness (QED) is 0.910. The zero-order chi connectivity index (χ0) is 15.7. The Labute approximate surface area is 137 Å². The van der Waals surface area contributed by atoms with Gasteiger partial charge in [-0.1, -0.05) is 11.6 Å². The molecule has 1 aromatic heterocycles. The lowest BCUT2D eigenvalue weighted by Crippen LogP contribution is -2.48. The Morgan fingerprint density at radius 1 is 1.27 bits per heavy atom. The van der Waals surface area contributed by atoms with Crippen LogP contribution >= 0.6 is 22.9 Å². The highest BCUT2D eigenvalue weighted by Gasteiger charge is 2.27. The van der Waals surface area contributed by atoms with E-state index in [1.807, 2.05) is 16.3 Å². The molecule has 6 heteroatoms. The number of thiophene rings is 1. The van der Waals surface area contributed by atoms with Gasteiger partial charge in [0.2, 0.25) is 0 Å². The molecule has 1 aliphatic rings. The molecular weight excluding hydrogens is 326 g/mol. The van der Waals surface area contributed by atoms with Crippen molar-refractivity contribution in [2.45, 2.75) is 18.9 Å². The van der Waals surface area contributed by atoms with E-state index in [2.05, 4.69) is 0 Å². The van der Waals surface area contributed by atoms with Crippen molar-refractivity contribution in [3.63, 3.8) is 0 Å². The van der Waals surface area contributed by atoms with Crippen molar-refractivity contribution >= 4 is 28.6 Å². The summed E-state index contributed by atoms with van der Waals surface area (Å²) in [7, 11) is 0. The zero-order valence-electron chi connectivity index (χ0n) is 11.9. The van der Waals surface area contributed by atoms with Crippen LogP contribution < -0.4 is 10.6 Å². The summed E-state index contributed by atoms with van der Waals surface area (Å²) >= 11 is 7.47. The summed E-state index contributed by atoms with van der Waals surface area (Å²) in [6.45, 7) is 1.21. The Morgan fingerprint density at radius 2 is 2.09 bits per heavy atom. The molecular formula is C16H17ClF2N2S. The van der Waals surface area contributed by atoms with Crippen LogP contribution in [0, 0.1) is 17.6 Å². The normalized spacial score (nSPS) is 22.1. The van der Waals surface area contributed by atoms with E-state index in [1.54, 1.807) is 0 Å². The summed E-state index contributed by atoms with van der Waals surface area (Å²) in [4.78, 5) is 1.85. The lowest BCUT2D eigenvalue weighted by molar-refractivity contribution is 0.372. The van der Waals surface area contributed by atoms with Crippen molar-refractivity contribution in [2.24, 2.45) is 11.7 Å². The smallest absolute Gasteiger partial charge is 0.146 e. The first-order chi connectivity index (χ1) is 10.5. The lowest BCUT2D eigenvalue weighted by Gasteiger charge is -2.38. The van der Waals surface area contributed by atoms with Gasteiger partial charge < -0.3 is 10.6 Å². The molecule has 2 aromatic rings. The fraction of sp³-hybridized carbons (Fsp3) is 0.375. The molecule has 118 valence electrons. The SMILES string of the molecule is NC1CC(Cc2csc(Cl)c2)CN(c2cc(F)ccc2F)C1. The first kappa shape index (κ1) is 15.7. The third-order valence-electron chi connectivity index (χ3n) is 3.96. The highest BCUT2D eigenvalue weighted by molar-refractivity contribution is 7.14. The molecule has 2 atom stereocenters. The van der Waals surface area contributed by atoms with E-state index < -0.39 is 11.6 Å². The number of benzene rings is 1. The summed E-state index contributed by atoms with van der Waals surface area (Å²) in [5, 5.41) is 2.04. The third kappa shape index (κ3) is 3.59. The van der Waals surface area contributed by atoms with Gasteiger partial charge in [-0.15, -0.1) is 11.3 Å². The van der Waals surface area contributed by atoms with Crippen molar-refractivity contribution in [1.29, 1.82) is 0 Å². The largest absolute Gasteiger partial charge is 0.367 e. The van der Waals surface area contributed by atoms with Gasteiger partial charge in [0.25, 0.3) is 0 Å². The van der Waals surface area contributed by atoms with Crippen LogP contribution in [-0.2, 0) is 6.42 Å². The van der Waals surface area contributed by atoms with Gasteiger partial charge in [-0.25, -0.2) is 8.78 Å². The van der Waals surface area contributed by atoms with Crippen molar-refractivity contribution < 1.29 is 8.78 Å². The zero-order valence-corrected chi connectivity index (χ0v) is 13.5. The Kier molecular flexibility index (Phi) is 4.66. The second kappa shape index (κ2) is 6.52. The molecule has 0 aliphatic carbocycles. The Hall–Kier alpha value is -1.17. The van der Waals surface area contributed by atoms with Crippen molar-refractivity contribution in [1.82, 2.24) is 0 Å². The van der Waals surface area contributed by atoms with E-state index in [-0.39, 0.29) is 6.04 Å². The first-order valence-corrected chi connectivity index (χ1v) is 8.45. The first-order valence-electron chi connectivity index (χ1n) is 7.20. The molecule has 2 nitrogen and oxygen atoms in total. The van der Waals surface area contributed by atoms with Gasteiger partial charge in [0.05, 0.1) is 10.0 Å². The lowest BCUT2D eigenvalue weighted by atomic mass is 9.89. The molecule has 22 heavy (non-hydrogen) atoms. The van der Waals surface area contributed by atoms with E-state index in [4.69, 9.17) is 17.3 Å². The number of nitrogens with zero attached hydrogens (tertiary/aromatic N) is 1. The summed E-state index contributed by atoms with van der Waals surface area (Å²) in [5.41, 5.74) is 7.59. The fourth-order valence-electron chi connectivity index (χ4n) is 3.11. The van der Waals surface area contributed by atoms with Crippen LogP contribution in [0.3, 0.4) is 0 Å². The van der Waals surface area contributed by atoms with Gasteiger partial charge in [0.15, 0.2) is 0 Å². The number of hydrogen-bond donors (Lipinski definition) is 1. The summed E-state index contributed by atoms with van der Waals surface area (Å²) < 4.78 is 28.1. The number of rotatable bonds is 3. The minimum atomic E-state index is -0.434. The summed E-state index contributed by atoms with van der Waals surface area (Å²) in [5.74, 6) is -0.540. The van der Waals surface area contributed by atoms with Crippen LogP contribution in [0.4, 0.5) is 14.5 Å². The maximum absolute atomic E-state index is 14.0.